The van der Waals surface area contributed by atoms with Gasteiger partial charge < -0.3 is 15.1 Å². The smallest absolute Gasteiger partial charge is 0.252 e. The summed E-state index contributed by atoms with van der Waals surface area (Å²) in [6.07, 6.45) is 0. The van der Waals surface area contributed by atoms with Crippen molar-refractivity contribution in [3.05, 3.63) is 70.8 Å². The van der Waals surface area contributed by atoms with Crippen molar-refractivity contribution in [1.82, 2.24) is 15.1 Å². The Balaban J connectivity index is 1.83. The normalized spacial score (nSPS) is 16.0. The van der Waals surface area contributed by atoms with Crippen LogP contribution in [0.15, 0.2) is 48.5 Å². The number of hydrogen-bond donors (Lipinski definition) is 1. The molecule has 1 fully saturated rings. The third kappa shape index (κ3) is 4.55. The second-order valence-electron chi connectivity index (χ2n) is 7.24. The van der Waals surface area contributed by atoms with Crippen LogP contribution in [0.4, 0.5) is 0 Å². The van der Waals surface area contributed by atoms with Crippen LogP contribution < -0.4 is 5.32 Å². The van der Waals surface area contributed by atoms with Gasteiger partial charge in [0.05, 0.1) is 0 Å². The molecule has 2 amide bonds. The van der Waals surface area contributed by atoms with E-state index in [1.807, 2.05) is 61.2 Å². The SMILES string of the molecule is Cc1ccc(C(=O)N[C@H](C(=O)N2CCN(C)CC2)c2ccccc2)cc1C. The van der Waals surface area contributed by atoms with Crippen LogP contribution in [0.3, 0.4) is 0 Å². The first-order valence-corrected chi connectivity index (χ1v) is 9.36. The van der Waals surface area contributed by atoms with E-state index in [1.54, 1.807) is 6.07 Å². The molecule has 0 spiro atoms. The van der Waals surface area contributed by atoms with Gasteiger partial charge in [-0.15, -0.1) is 0 Å². The zero-order chi connectivity index (χ0) is 19.4. The number of nitrogens with zero attached hydrogens (tertiary/aromatic N) is 2. The van der Waals surface area contributed by atoms with Crippen molar-refractivity contribution in [3.63, 3.8) is 0 Å². The Hall–Kier alpha value is -2.66. The van der Waals surface area contributed by atoms with Crippen LogP contribution in [0.25, 0.3) is 0 Å². The van der Waals surface area contributed by atoms with Crippen LogP contribution >= 0.6 is 0 Å². The minimum absolute atomic E-state index is 0.0496. The second kappa shape index (κ2) is 8.35. The highest BCUT2D eigenvalue weighted by Gasteiger charge is 2.29. The summed E-state index contributed by atoms with van der Waals surface area (Å²) >= 11 is 0. The van der Waals surface area contributed by atoms with Crippen LogP contribution in [-0.4, -0.2) is 54.8 Å². The number of piperazine rings is 1. The monoisotopic (exact) mass is 365 g/mol. The lowest BCUT2D eigenvalue weighted by molar-refractivity contribution is -0.135. The molecule has 0 aromatic heterocycles. The molecule has 2 aromatic carbocycles. The van der Waals surface area contributed by atoms with Gasteiger partial charge in [-0.25, -0.2) is 0 Å². The molecule has 1 atom stereocenters. The van der Waals surface area contributed by atoms with E-state index in [4.69, 9.17) is 0 Å². The highest BCUT2D eigenvalue weighted by molar-refractivity contribution is 5.98. The Labute approximate surface area is 161 Å². The highest BCUT2D eigenvalue weighted by Crippen LogP contribution is 2.19. The van der Waals surface area contributed by atoms with E-state index >= 15 is 0 Å². The Morgan fingerprint density at radius 1 is 0.926 bits per heavy atom. The van der Waals surface area contributed by atoms with Crippen molar-refractivity contribution in [2.24, 2.45) is 0 Å². The van der Waals surface area contributed by atoms with E-state index in [9.17, 15) is 9.59 Å². The zero-order valence-electron chi connectivity index (χ0n) is 16.2. The largest absolute Gasteiger partial charge is 0.338 e. The van der Waals surface area contributed by atoms with E-state index in [0.29, 0.717) is 18.7 Å². The fourth-order valence-corrected chi connectivity index (χ4v) is 3.24. The van der Waals surface area contributed by atoms with E-state index in [-0.39, 0.29) is 11.8 Å². The predicted molar refractivity (Wildman–Crippen MR) is 107 cm³/mol. The number of likely N-dealkylation sites (N-methyl/N-ethyl adjacent to an activating group) is 1. The van der Waals surface area contributed by atoms with Gasteiger partial charge in [0.2, 0.25) is 5.91 Å². The average molecular weight is 365 g/mol. The Morgan fingerprint density at radius 3 is 2.22 bits per heavy atom. The summed E-state index contributed by atoms with van der Waals surface area (Å²) in [6.45, 7) is 7.05. The van der Waals surface area contributed by atoms with Gasteiger partial charge in [0.15, 0.2) is 0 Å². The van der Waals surface area contributed by atoms with Crippen molar-refractivity contribution < 1.29 is 9.59 Å². The molecule has 0 unspecified atom stereocenters. The summed E-state index contributed by atoms with van der Waals surface area (Å²) < 4.78 is 0. The molecule has 5 nitrogen and oxygen atoms in total. The molecule has 2 aromatic rings. The van der Waals surface area contributed by atoms with Gasteiger partial charge >= 0.3 is 0 Å². The van der Waals surface area contributed by atoms with Crippen molar-refractivity contribution in [3.8, 4) is 0 Å². The first-order valence-electron chi connectivity index (χ1n) is 9.36. The lowest BCUT2D eigenvalue weighted by atomic mass is 10.0. The summed E-state index contributed by atoms with van der Waals surface area (Å²) in [6, 6.07) is 14.4. The molecule has 3 rings (SSSR count). The lowest BCUT2D eigenvalue weighted by Crippen LogP contribution is -2.51. The summed E-state index contributed by atoms with van der Waals surface area (Å²) in [5.74, 6) is -0.277. The maximum Gasteiger partial charge on any atom is 0.252 e. The first-order chi connectivity index (χ1) is 13.0. The van der Waals surface area contributed by atoms with Gasteiger partial charge in [-0.3, -0.25) is 9.59 Å². The molecule has 0 radical (unpaired) electrons. The van der Waals surface area contributed by atoms with E-state index < -0.39 is 6.04 Å². The molecule has 5 heteroatoms. The Morgan fingerprint density at radius 2 is 1.59 bits per heavy atom. The molecule has 1 aliphatic heterocycles. The van der Waals surface area contributed by atoms with Crippen molar-refractivity contribution >= 4 is 11.8 Å². The van der Waals surface area contributed by atoms with Crippen LogP contribution in [0.2, 0.25) is 0 Å². The number of hydrogen-bond acceptors (Lipinski definition) is 3. The number of amides is 2. The van der Waals surface area contributed by atoms with Crippen LogP contribution in [-0.2, 0) is 4.79 Å². The molecule has 142 valence electrons. The fourth-order valence-electron chi connectivity index (χ4n) is 3.24. The molecule has 1 N–H and O–H groups in total. The number of nitrogens with one attached hydrogen (secondary N) is 1. The van der Waals surface area contributed by atoms with Gasteiger partial charge in [-0.05, 0) is 49.7 Å². The number of carbonyl (C=O) groups excluding carboxylic acids is 2. The standard InChI is InChI=1S/C22H27N3O2/c1-16-9-10-19(15-17(16)2)21(26)23-20(18-7-5-4-6-8-18)22(27)25-13-11-24(3)12-14-25/h4-10,15,20H,11-14H2,1-3H3,(H,23,26)/t20-/m0/s1. The number of rotatable bonds is 4. The number of benzene rings is 2. The fraction of sp³-hybridized carbons (Fsp3) is 0.364. The molecular formula is C22H27N3O2. The highest BCUT2D eigenvalue weighted by atomic mass is 16.2. The van der Waals surface area contributed by atoms with Gasteiger partial charge in [0, 0.05) is 31.7 Å². The Bertz CT molecular complexity index is 812. The number of carbonyl (C=O) groups is 2. The molecular weight excluding hydrogens is 338 g/mol. The number of aryl methyl sites for hydroxylation is 2. The molecule has 0 aliphatic carbocycles. The van der Waals surface area contributed by atoms with Gasteiger partial charge in [0.1, 0.15) is 6.04 Å². The maximum absolute atomic E-state index is 13.2. The van der Waals surface area contributed by atoms with Gasteiger partial charge in [-0.2, -0.15) is 0 Å². The predicted octanol–water partition coefficient (Wildman–Crippen LogP) is 2.55. The second-order valence-corrected chi connectivity index (χ2v) is 7.24. The molecule has 1 aliphatic rings. The molecule has 27 heavy (non-hydrogen) atoms. The minimum Gasteiger partial charge on any atom is -0.338 e. The minimum atomic E-state index is -0.677. The quantitative estimate of drug-likeness (QED) is 0.906. The van der Waals surface area contributed by atoms with E-state index in [1.165, 1.54) is 0 Å². The van der Waals surface area contributed by atoms with Crippen LogP contribution in [0, 0.1) is 13.8 Å². The molecule has 0 bridgehead atoms. The van der Waals surface area contributed by atoms with Crippen LogP contribution in [0.5, 0.6) is 0 Å². The topological polar surface area (TPSA) is 52.7 Å². The summed E-state index contributed by atoms with van der Waals surface area (Å²) in [5.41, 5.74) is 3.58. The zero-order valence-corrected chi connectivity index (χ0v) is 16.2. The lowest BCUT2D eigenvalue weighted by Gasteiger charge is -2.35. The third-order valence-electron chi connectivity index (χ3n) is 5.24. The van der Waals surface area contributed by atoms with Crippen molar-refractivity contribution in [2.45, 2.75) is 19.9 Å². The average Bonchev–Trinajstić information content (AvgIpc) is 2.69. The molecule has 0 saturated carbocycles. The Kier molecular flexibility index (Phi) is 5.91. The van der Waals surface area contributed by atoms with Crippen LogP contribution in [0.1, 0.15) is 33.1 Å². The van der Waals surface area contributed by atoms with E-state index in [0.717, 1.165) is 29.8 Å². The molecule has 1 saturated heterocycles. The maximum atomic E-state index is 13.2. The first kappa shape index (κ1) is 19.1. The van der Waals surface area contributed by atoms with E-state index in [2.05, 4.69) is 17.3 Å². The van der Waals surface area contributed by atoms with Gasteiger partial charge in [0.25, 0.3) is 5.91 Å². The third-order valence-corrected chi connectivity index (χ3v) is 5.24. The van der Waals surface area contributed by atoms with Gasteiger partial charge in [-0.1, -0.05) is 36.4 Å². The summed E-state index contributed by atoms with van der Waals surface area (Å²) in [4.78, 5) is 30.1. The summed E-state index contributed by atoms with van der Waals surface area (Å²) in [5, 5.41) is 2.96. The van der Waals surface area contributed by atoms with Crippen molar-refractivity contribution in [2.75, 3.05) is 33.2 Å². The van der Waals surface area contributed by atoms with Crippen molar-refractivity contribution in [1.29, 1.82) is 0 Å². The molecule has 1 heterocycles. The summed E-state index contributed by atoms with van der Waals surface area (Å²) in [7, 11) is 2.05.